The van der Waals surface area contributed by atoms with Crippen molar-refractivity contribution in [1.29, 1.82) is 0 Å². The van der Waals surface area contributed by atoms with E-state index >= 15 is 0 Å². The number of benzene rings is 1. The Labute approximate surface area is 133 Å². The third-order valence-electron chi connectivity index (χ3n) is 3.52. The molecule has 0 fully saturated rings. The highest BCUT2D eigenvalue weighted by atomic mass is 79.9. The predicted molar refractivity (Wildman–Crippen MR) is 88.6 cm³/mol. The third kappa shape index (κ3) is 4.08. The monoisotopic (exact) mass is 352 g/mol. The van der Waals surface area contributed by atoms with Gasteiger partial charge in [-0.2, -0.15) is 0 Å². The number of likely N-dealkylation sites (N-methyl/N-ethyl adjacent to an activating group) is 1. The quantitative estimate of drug-likeness (QED) is 0.862. The Morgan fingerprint density at radius 2 is 2.14 bits per heavy atom. The van der Waals surface area contributed by atoms with Gasteiger partial charge in [-0.25, -0.2) is 0 Å². The molecule has 0 unspecified atom stereocenters. The van der Waals surface area contributed by atoms with Gasteiger partial charge in [-0.3, -0.25) is 9.69 Å². The maximum atomic E-state index is 12.1. The van der Waals surface area contributed by atoms with Crippen LogP contribution in [0.15, 0.2) is 33.2 Å². The topological polar surface area (TPSA) is 45.5 Å². The average molecular weight is 353 g/mol. The molecule has 0 aliphatic heterocycles. The van der Waals surface area contributed by atoms with Gasteiger partial charge < -0.3 is 9.73 Å². The molecule has 5 heteroatoms. The first-order valence-electron chi connectivity index (χ1n) is 7.22. The standard InChI is InChI=1S/C16H21BrN2O2/c1-4-19(11(2)3)8-7-18-16(20)15-10-12-9-13(17)5-6-14(12)21-15/h5-6,9-11H,4,7-8H2,1-3H3,(H,18,20). The van der Waals surface area contributed by atoms with Gasteiger partial charge in [-0.1, -0.05) is 22.9 Å². The third-order valence-corrected chi connectivity index (χ3v) is 4.02. The molecule has 0 spiro atoms. The van der Waals surface area contributed by atoms with E-state index in [9.17, 15) is 4.79 Å². The van der Waals surface area contributed by atoms with Crippen molar-refractivity contribution in [2.24, 2.45) is 0 Å². The van der Waals surface area contributed by atoms with Crippen LogP contribution in [0.3, 0.4) is 0 Å². The maximum absolute atomic E-state index is 12.1. The lowest BCUT2D eigenvalue weighted by Crippen LogP contribution is -2.38. The molecular weight excluding hydrogens is 332 g/mol. The molecule has 0 atom stereocenters. The molecule has 21 heavy (non-hydrogen) atoms. The molecule has 1 amide bonds. The molecule has 1 N–H and O–H groups in total. The van der Waals surface area contributed by atoms with Crippen molar-refractivity contribution in [2.75, 3.05) is 19.6 Å². The highest BCUT2D eigenvalue weighted by Gasteiger charge is 2.13. The summed E-state index contributed by atoms with van der Waals surface area (Å²) in [6, 6.07) is 7.95. The predicted octanol–water partition coefficient (Wildman–Crippen LogP) is 3.66. The van der Waals surface area contributed by atoms with E-state index < -0.39 is 0 Å². The van der Waals surface area contributed by atoms with Gasteiger partial charge >= 0.3 is 0 Å². The van der Waals surface area contributed by atoms with E-state index in [0.29, 0.717) is 18.3 Å². The van der Waals surface area contributed by atoms with Crippen LogP contribution in [-0.4, -0.2) is 36.5 Å². The molecule has 0 radical (unpaired) electrons. The van der Waals surface area contributed by atoms with Crippen LogP contribution in [0.25, 0.3) is 11.0 Å². The second-order valence-corrected chi connectivity index (χ2v) is 6.19. The number of furan rings is 1. The minimum atomic E-state index is -0.165. The van der Waals surface area contributed by atoms with Crippen molar-refractivity contribution >= 4 is 32.8 Å². The molecule has 0 aliphatic carbocycles. The van der Waals surface area contributed by atoms with Crippen LogP contribution in [0.5, 0.6) is 0 Å². The summed E-state index contributed by atoms with van der Waals surface area (Å²) in [5, 5.41) is 3.83. The molecule has 0 saturated heterocycles. The lowest BCUT2D eigenvalue weighted by molar-refractivity contribution is 0.0920. The molecule has 2 rings (SSSR count). The summed E-state index contributed by atoms with van der Waals surface area (Å²) < 4.78 is 6.54. The number of nitrogens with one attached hydrogen (secondary N) is 1. The van der Waals surface area contributed by atoms with Gasteiger partial charge in [0, 0.05) is 29.0 Å². The van der Waals surface area contributed by atoms with E-state index in [4.69, 9.17) is 4.42 Å². The lowest BCUT2D eigenvalue weighted by atomic mass is 10.2. The maximum Gasteiger partial charge on any atom is 0.287 e. The smallest absolute Gasteiger partial charge is 0.287 e. The molecular formula is C16H21BrN2O2. The van der Waals surface area contributed by atoms with E-state index in [1.807, 2.05) is 18.2 Å². The summed E-state index contributed by atoms with van der Waals surface area (Å²) >= 11 is 3.41. The van der Waals surface area contributed by atoms with E-state index in [0.717, 1.165) is 28.5 Å². The summed E-state index contributed by atoms with van der Waals surface area (Å²) in [6.45, 7) is 8.87. The Hall–Kier alpha value is -1.33. The fraction of sp³-hybridized carbons (Fsp3) is 0.438. The molecule has 0 aliphatic rings. The van der Waals surface area contributed by atoms with Crippen LogP contribution in [-0.2, 0) is 0 Å². The summed E-state index contributed by atoms with van der Waals surface area (Å²) in [5.41, 5.74) is 0.723. The van der Waals surface area contributed by atoms with Gasteiger partial charge in [-0.05, 0) is 44.7 Å². The van der Waals surface area contributed by atoms with Gasteiger partial charge in [0.2, 0.25) is 0 Å². The fourth-order valence-corrected chi connectivity index (χ4v) is 2.69. The fourth-order valence-electron chi connectivity index (χ4n) is 2.31. The number of carbonyl (C=O) groups is 1. The molecule has 114 valence electrons. The number of amides is 1. The normalized spacial score (nSPS) is 11.5. The van der Waals surface area contributed by atoms with Crippen LogP contribution in [0.2, 0.25) is 0 Å². The average Bonchev–Trinajstić information content (AvgIpc) is 2.86. The second kappa shape index (κ2) is 7.09. The van der Waals surface area contributed by atoms with Gasteiger partial charge in [0.15, 0.2) is 5.76 Å². The van der Waals surface area contributed by atoms with E-state index in [2.05, 4.69) is 46.9 Å². The number of halogens is 1. The molecule has 1 aromatic heterocycles. The van der Waals surface area contributed by atoms with Crippen LogP contribution >= 0.6 is 15.9 Å². The molecule has 1 aromatic carbocycles. The van der Waals surface area contributed by atoms with Gasteiger partial charge in [0.05, 0.1) is 0 Å². The minimum absolute atomic E-state index is 0.165. The van der Waals surface area contributed by atoms with Crippen molar-refractivity contribution < 1.29 is 9.21 Å². The number of rotatable bonds is 6. The molecule has 0 saturated carbocycles. The summed E-state index contributed by atoms with van der Waals surface area (Å²) in [5.74, 6) is 0.192. The van der Waals surface area contributed by atoms with Crippen molar-refractivity contribution in [3.8, 4) is 0 Å². The molecule has 2 aromatic rings. The Kier molecular flexibility index (Phi) is 5.42. The van der Waals surface area contributed by atoms with Gasteiger partial charge in [0.25, 0.3) is 5.91 Å². The minimum Gasteiger partial charge on any atom is -0.451 e. The number of nitrogens with zero attached hydrogens (tertiary/aromatic N) is 1. The summed E-state index contributed by atoms with van der Waals surface area (Å²) in [7, 11) is 0. The first-order chi connectivity index (χ1) is 10.0. The zero-order chi connectivity index (χ0) is 15.4. The SMILES string of the molecule is CCN(CCNC(=O)c1cc2cc(Br)ccc2o1)C(C)C. The van der Waals surface area contributed by atoms with Gasteiger partial charge in [0.1, 0.15) is 5.58 Å². The van der Waals surface area contributed by atoms with Crippen molar-refractivity contribution in [3.63, 3.8) is 0 Å². The Morgan fingerprint density at radius 3 is 2.81 bits per heavy atom. The Morgan fingerprint density at radius 1 is 1.38 bits per heavy atom. The van der Waals surface area contributed by atoms with E-state index in [1.54, 1.807) is 6.07 Å². The van der Waals surface area contributed by atoms with Crippen LogP contribution in [0.4, 0.5) is 0 Å². The van der Waals surface area contributed by atoms with Gasteiger partial charge in [-0.15, -0.1) is 0 Å². The molecule has 1 heterocycles. The second-order valence-electron chi connectivity index (χ2n) is 5.27. The first kappa shape index (κ1) is 16.0. The number of hydrogen-bond donors (Lipinski definition) is 1. The van der Waals surface area contributed by atoms with Crippen LogP contribution < -0.4 is 5.32 Å². The number of hydrogen-bond acceptors (Lipinski definition) is 3. The van der Waals surface area contributed by atoms with Crippen molar-refractivity contribution in [3.05, 3.63) is 34.5 Å². The van der Waals surface area contributed by atoms with Crippen molar-refractivity contribution in [1.82, 2.24) is 10.2 Å². The zero-order valence-electron chi connectivity index (χ0n) is 12.6. The molecule has 4 nitrogen and oxygen atoms in total. The van der Waals surface area contributed by atoms with E-state index in [1.165, 1.54) is 0 Å². The summed E-state index contributed by atoms with van der Waals surface area (Å²) in [4.78, 5) is 14.4. The molecule has 0 bridgehead atoms. The zero-order valence-corrected chi connectivity index (χ0v) is 14.2. The summed E-state index contributed by atoms with van der Waals surface area (Å²) in [6.07, 6.45) is 0. The van der Waals surface area contributed by atoms with Crippen molar-refractivity contribution in [2.45, 2.75) is 26.8 Å². The lowest BCUT2D eigenvalue weighted by Gasteiger charge is -2.24. The largest absolute Gasteiger partial charge is 0.451 e. The first-order valence-corrected chi connectivity index (χ1v) is 8.02. The van der Waals surface area contributed by atoms with E-state index in [-0.39, 0.29) is 5.91 Å². The number of fused-ring (bicyclic) bond motifs is 1. The highest BCUT2D eigenvalue weighted by molar-refractivity contribution is 9.10. The Bertz CT molecular complexity index is 622. The van der Waals surface area contributed by atoms with Crippen LogP contribution in [0.1, 0.15) is 31.3 Å². The number of carbonyl (C=O) groups excluding carboxylic acids is 1. The van der Waals surface area contributed by atoms with Crippen LogP contribution in [0, 0.1) is 0 Å². The Balaban J connectivity index is 1.96. The highest BCUT2D eigenvalue weighted by Crippen LogP contribution is 2.23.